The fraction of sp³-hybridized carbons (Fsp3) is 0.769. The molecule has 1 unspecified atom stereocenters. The average Bonchev–Trinajstić information content (AvgIpc) is 2.86. The van der Waals surface area contributed by atoms with Crippen molar-refractivity contribution in [3.63, 3.8) is 0 Å². The van der Waals surface area contributed by atoms with Gasteiger partial charge in [0.1, 0.15) is 6.04 Å². The molecule has 2 aliphatic rings. The largest absolute Gasteiger partial charge is 0.465 e. The van der Waals surface area contributed by atoms with Crippen LogP contribution in [-0.4, -0.2) is 66.5 Å². The van der Waals surface area contributed by atoms with Gasteiger partial charge in [0.15, 0.2) is 0 Å². The van der Waals surface area contributed by atoms with Gasteiger partial charge in [0.05, 0.1) is 13.2 Å². The molecule has 0 aromatic rings. The van der Waals surface area contributed by atoms with Gasteiger partial charge in [-0.3, -0.25) is 19.4 Å². The van der Waals surface area contributed by atoms with Crippen molar-refractivity contribution in [1.82, 2.24) is 15.1 Å². The third-order valence-corrected chi connectivity index (χ3v) is 3.67. The topological polar surface area (TPSA) is 79.0 Å². The maximum Gasteiger partial charge on any atom is 0.324 e. The van der Waals surface area contributed by atoms with Crippen molar-refractivity contribution in [2.75, 3.05) is 32.8 Å². The smallest absolute Gasteiger partial charge is 0.324 e. The zero-order valence-corrected chi connectivity index (χ0v) is 11.8. The number of ether oxygens (including phenoxy) is 1. The molecule has 0 radical (unpaired) electrons. The zero-order chi connectivity index (χ0) is 14.5. The highest BCUT2D eigenvalue weighted by molar-refractivity contribution is 5.96. The van der Waals surface area contributed by atoms with Crippen LogP contribution in [0, 0.1) is 0 Å². The van der Waals surface area contributed by atoms with Crippen molar-refractivity contribution >= 4 is 17.9 Å². The molecule has 0 spiro atoms. The number of likely N-dealkylation sites (tertiary alicyclic amines) is 1. The third kappa shape index (κ3) is 3.27. The number of esters is 1. The van der Waals surface area contributed by atoms with E-state index in [1.54, 1.807) is 6.92 Å². The van der Waals surface area contributed by atoms with Crippen LogP contribution in [0.25, 0.3) is 0 Å². The molecule has 112 valence electrons. The lowest BCUT2D eigenvalue weighted by molar-refractivity contribution is -0.151. The van der Waals surface area contributed by atoms with Crippen molar-refractivity contribution in [3.8, 4) is 0 Å². The molecule has 2 rings (SSSR count). The number of carbonyl (C=O) groups excluding carboxylic acids is 3. The standard InChI is InChI=1S/C13H21N3O4/c1-2-20-12(18)10-5-3-4-7-15(10)9-11(17)16-8-6-14-13(16)19/h10H,2-9H2,1H3,(H,14,19). The Morgan fingerprint density at radius 1 is 1.35 bits per heavy atom. The minimum atomic E-state index is -0.363. The number of nitrogens with one attached hydrogen (secondary N) is 1. The molecule has 0 bridgehead atoms. The third-order valence-electron chi connectivity index (χ3n) is 3.67. The van der Waals surface area contributed by atoms with E-state index in [2.05, 4.69) is 5.32 Å². The predicted octanol–water partition coefficient (Wildman–Crippen LogP) is -0.0442. The summed E-state index contributed by atoms with van der Waals surface area (Å²) in [5.41, 5.74) is 0. The van der Waals surface area contributed by atoms with E-state index >= 15 is 0 Å². The van der Waals surface area contributed by atoms with Gasteiger partial charge in [-0.05, 0) is 26.3 Å². The first-order chi connectivity index (χ1) is 9.63. The van der Waals surface area contributed by atoms with Crippen LogP contribution < -0.4 is 5.32 Å². The summed E-state index contributed by atoms with van der Waals surface area (Å²) in [6.07, 6.45) is 2.62. The van der Waals surface area contributed by atoms with E-state index in [4.69, 9.17) is 4.74 Å². The molecule has 2 saturated heterocycles. The van der Waals surface area contributed by atoms with Crippen LogP contribution in [0.2, 0.25) is 0 Å². The molecule has 2 heterocycles. The molecule has 0 aliphatic carbocycles. The van der Waals surface area contributed by atoms with E-state index in [9.17, 15) is 14.4 Å². The van der Waals surface area contributed by atoms with Crippen LogP contribution in [0.4, 0.5) is 4.79 Å². The van der Waals surface area contributed by atoms with Crippen LogP contribution in [-0.2, 0) is 14.3 Å². The van der Waals surface area contributed by atoms with Crippen LogP contribution in [0.5, 0.6) is 0 Å². The van der Waals surface area contributed by atoms with Gasteiger partial charge in [0.25, 0.3) is 0 Å². The molecular formula is C13H21N3O4. The highest BCUT2D eigenvalue weighted by atomic mass is 16.5. The van der Waals surface area contributed by atoms with Crippen molar-refractivity contribution in [1.29, 1.82) is 0 Å². The molecule has 20 heavy (non-hydrogen) atoms. The molecule has 7 nitrogen and oxygen atoms in total. The molecule has 0 aromatic heterocycles. The maximum absolute atomic E-state index is 12.1. The summed E-state index contributed by atoms with van der Waals surface area (Å²) >= 11 is 0. The highest BCUT2D eigenvalue weighted by Crippen LogP contribution is 2.18. The lowest BCUT2D eigenvalue weighted by Gasteiger charge is -2.33. The Kier molecular flexibility index (Phi) is 4.94. The van der Waals surface area contributed by atoms with Gasteiger partial charge in [-0.1, -0.05) is 6.42 Å². The number of carbonyl (C=O) groups is 3. The number of urea groups is 1. The summed E-state index contributed by atoms with van der Waals surface area (Å²) in [7, 11) is 0. The summed E-state index contributed by atoms with van der Waals surface area (Å²) in [5.74, 6) is -0.526. The van der Waals surface area contributed by atoms with Crippen molar-refractivity contribution in [3.05, 3.63) is 0 Å². The number of imide groups is 1. The quantitative estimate of drug-likeness (QED) is 0.732. The fourth-order valence-electron chi connectivity index (χ4n) is 2.65. The van der Waals surface area contributed by atoms with Gasteiger partial charge in [-0.25, -0.2) is 4.79 Å². The Labute approximate surface area is 118 Å². The zero-order valence-electron chi connectivity index (χ0n) is 11.8. The van der Waals surface area contributed by atoms with Crippen LogP contribution in [0.1, 0.15) is 26.2 Å². The monoisotopic (exact) mass is 283 g/mol. The number of nitrogens with zero attached hydrogens (tertiary/aromatic N) is 2. The molecular weight excluding hydrogens is 262 g/mol. The minimum Gasteiger partial charge on any atom is -0.465 e. The molecule has 2 fully saturated rings. The first-order valence-electron chi connectivity index (χ1n) is 7.12. The van der Waals surface area contributed by atoms with Crippen LogP contribution in [0.3, 0.4) is 0 Å². The predicted molar refractivity (Wildman–Crippen MR) is 71.0 cm³/mol. The average molecular weight is 283 g/mol. The lowest BCUT2D eigenvalue weighted by Crippen LogP contribution is -2.50. The Morgan fingerprint density at radius 3 is 2.80 bits per heavy atom. The molecule has 1 N–H and O–H groups in total. The Hall–Kier alpha value is -1.63. The SMILES string of the molecule is CCOC(=O)C1CCCCN1CC(=O)N1CCNC1=O. The second-order valence-electron chi connectivity index (χ2n) is 5.01. The van der Waals surface area contributed by atoms with Crippen molar-refractivity contribution < 1.29 is 19.1 Å². The van der Waals surface area contributed by atoms with Gasteiger partial charge < -0.3 is 10.1 Å². The number of hydrogen-bond acceptors (Lipinski definition) is 5. The van der Waals surface area contributed by atoms with Crippen molar-refractivity contribution in [2.45, 2.75) is 32.2 Å². The summed E-state index contributed by atoms with van der Waals surface area (Å²) in [6.45, 7) is 3.78. The van der Waals surface area contributed by atoms with Gasteiger partial charge in [0.2, 0.25) is 5.91 Å². The van der Waals surface area contributed by atoms with E-state index in [0.717, 1.165) is 12.8 Å². The van der Waals surface area contributed by atoms with E-state index < -0.39 is 0 Å². The number of hydrogen-bond donors (Lipinski definition) is 1. The number of amides is 3. The lowest BCUT2D eigenvalue weighted by atomic mass is 10.0. The molecule has 0 aromatic carbocycles. The Balaban J connectivity index is 1.96. The van der Waals surface area contributed by atoms with E-state index in [1.807, 2.05) is 4.90 Å². The normalized spacial score (nSPS) is 23.6. The van der Waals surface area contributed by atoms with Crippen LogP contribution >= 0.6 is 0 Å². The van der Waals surface area contributed by atoms with Crippen LogP contribution in [0.15, 0.2) is 0 Å². The number of piperidine rings is 1. The first kappa shape index (κ1) is 14.8. The van der Waals surface area contributed by atoms with E-state index in [-0.39, 0.29) is 30.5 Å². The fourth-order valence-corrected chi connectivity index (χ4v) is 2.65. The van der Waals surface area contributed by atoms with Crippen molar-refractivity contribution in [2.24, 2.45) is 0 Å². The van der Waals surface area contributed by atoms with E-state index in [1.165, 1.54) is 4.90 Å². The summed E-state index contributed by atoms with van der Waals surface area (Å²) in [6, 6.07) is -0.710. The molecule has 2 aliphatic heterocycles. The second kappa shape index (κ2) is 6.69. The Bertz CT molecular complexity index is 399. The molecule has 3 amide bonds. The first-order valence-corrected chi connectivity index (χ1v) is 7.12. The van der Waals surface area contributed by atoms with Gasteiger partial charge in [0, 0.05) is 13.1 Å². The maximum atomic E-state index is 12.1. The number of rotatable bonds is 4. The van der Waals surface area contributed by atoms with E-state index in [0.29, 0.717) is 32.7 Å². The van der Waals surface area contributed by atoms with Gasteiger partial charge >= 0.3 is 12.0 Å². The van der Waals surface area contributed by atoms with Gasteiger partial charge in [-0.15, -0.1) is 0 Å². The summed E-state index contributed by atoms with van der Waals surface area (Å²) < 4.78 is 5.05. The molecule has 1 atom stereocenters. The minimum absolute atomic E-state index is 0.0941. The second-order valence-corrected chi connectivity index (χ2v) is 5.01. The molecule has 0 saturated carbocycles. The Morgan fingerprint density at radius 2 is 2.15 bits per heavy atom. The summed E-state index contributed by atoms with van der Waals surface area (Å²) in [4.78, 5) is 38.5. The summed E-state index contributed by atoms with van der Waals surface area (Å²) in [5, 5.41) is 2.60. The van der Waals surface area contributed by atoms with Gasteiger partial charge in [-0.2, -0.15) is 0 Å². The molecule has 7 heteroatoms. The highest BCUT2D eigenvalue weighted by Gasteiger charge is 2.34.